The molecule has 1 heterocycles. The van der Waals surface area contributed by atoms with Crippen molar-refractivity contribution in [2.45, 2.75) is 13.8 Å². The molecule has 6 nitrogen and oxygen atoms in total. The summed E-state index contributed by atoms with van der Waals surface area (Å²) in [4.78, 5) is 20.8. The Morgan fingerprint density at radius 3 is 2.50 bits per heavy atom. The quantitative estimate of drug-likeness (QED) is 0.656. The van der Waals surface area contributed by atoms with Crippen LogP contribution in [0.15, 0.2) is 48.5 Å². The van der Waals surface area contributed by atoms with Crippen molar-refractivity contribution in [2.24, 2.45) is 0 Å². The number of aryl methyl sites for hydroxylation is 1. The van der Waals surface area contributed by atoms with E-state index in [0.717, 1.165) is 17.9 Å². The number of carbonyl (C=O) groups excluding carboxylic acids is 1. The predicted octanol–water partition coefficient (Wildman–Crippen LogP) is 4.46. The Bertz CT molecular complexity index is 994. The largest absolute Gasteiger partial charge is 0.494 e. The normalized spacial score (nSPS) is 10.4. The van der Waals surface area contributed by atoms with Gasteiger partial charge >= 0.3 is 0 Å². The molecule has 0 atom stereocenters. The number of rotatable bonds is 6. The number of amides is 1. The van der Waals surface area contributed by atoms with E-state index in [2.05, 4.69) is 20.6 Å². The van der Waals surface area contributed by atoms with Crippen LogP contribution in [0, 0.1) is 18.6 Å². The van der Waals surface area contributed by atoms with Crippen molar-refractivity contribution in [2.75, 3.05) is 17.2 Å². The summed E-state index contributed by atoms with van der Waals surface area (Å²) >= 11 is 0. The molecule has 0 unspecified atom stereocenters. The number of aromatic nitrogens is 2. The van der Waals surface area contributed by atoms with E-state index in [-0.39, 0.29) is 17.3 Å². The smallest absolute Gasteiger partial charge is 0.274 e. The van der Waals surface area contributed by atoms with E-state index >= 15 is 0 Å². The van der Waals surface area contributed by atoms with Gasteiger partial charge in [0.15, 0.2) is 0 Å². The summed E-state index contributed by atoms with van der Waals surface area (Å²) in [5, 5.41) is 5.39. The first kappa shape index (κ1) is 19.2. The maximum absolute atomic E-state index is 13.8. The highest BCUT2D eigenvalue weighted by atomic mass is 19.1. The lowest BCUT2D eigenvalue weighted by Gasteiger charge is -2.10. The highest BCUT2D eigenvalue weighted by molar-refractivity contribution is 6.03. The number of hydrogen-bond donors (Lipinski definition) is 2. The van der Waals surface area contributed by atoms with Crippen molar-refractivity contribution < 1.29 is 18.3 Å². The number of ether oxygens (including phenoxy) is 1. The Balaban J connectivity index is 1.77. The second-order valence-corrected chi connectivity index (χ2v) is 5.88. The molecule has 1 amide bonds. The molecule has 0 aliphatic heterocycles. The molecular weight excluding hydrogens is 366 g/mol. The van der Waals surface area contributed by atoms with Gasteiger partial charge in [-0.3, -0.25) is 4.79 Å². The molecule has 3 rings (SSSR count). The van der Waals surface area contributed by atoms with Crippen molar-refractivity contribution in [3.05, 3.63) is 71.6 Å². The third-order valence-electron chi connectivity index (χ3n) is 3.69. The molecule has 0 spiro atoms. The first-order valence-corrected chi connectivity index (χ1v) is 8.56. The van der Waals surface area contributed by atoms with Crippen LogP contribution in [0.3, 0.4) is 0 Å². The molecule has 0 aliphatic rings. The van der Waals surface area contributed by atoms with Crippen molar-refractivity contribution >= 4 is 23.2 Å². The van der Waals surface area contributed by atoms with Crippen LogP contribution in [-0.4, -0.2) is 22.5 Å². The zero-order valence-electron chi connectivity index (χ0n) is 15.3. The molecule has 3 aromatic rings. The summed E-state index contributed by atoms with van der Waals surface area (Å²) in [5.74, 6) is -1.28. The van der Waals surface area contributed by atoms with Gasteiger partial charge in [-0.25, -0.2) is 18.7 Å². The summed E-state index contributed by atoms with van der Waals surface area (Å²) in [6, 6.07) is 11.6. The Morgan fingerprint density at radius 2 is 1.82 bits per heavy atom. The molecule has 0 saturated carbocycles. The average molecular weight is 384 g/mol. The van der Waals surface area contributed by atoms with Gasteiger partial charge in [-0.15, -0.1) is 0 Å². The minimum absolute atomic E-state index is 0.0460. The Kier molecular flexibility index (Phi) is 5.78. The lowest BCUT2D eigenvalue weighted by molar-refractivity contribution is 0.102. The number of benzene rings is 2. The number of halogens is 2. The highest BCUT2D eigenvalue weighted by Gasteiger charge is 2.14. The molecular formula is C20H18F2N4O2. The summed E-state index contributed by atoms with van der Waals surface area (Å²) in [5.41, 5.74) is 1.17. The van der Waals surface area contributed by atoms with E-state index < -0.39 is 17.5 Å². The van der Waals surface area contributed by atoms with Crippen LogP contribution in [0.2, 0.25) is 0 Å². The first-order chi connectivity index (χ1) is 13.4. The highest BCUT2D eigenvalue weighted by Crippen LogP contribution is 2.20. The molecule has 2 N–H and O–H groups in total. The topological polar surface area (TPSA) is 76.1 Å². The van der Waals surface area contributed by atoms with Crippen LogP contribution >= 0.6 is 0 Å². The minimum atomic E-state index is -0.869. The first-order valence-electron chi connectivity index (χ1n) is 8.56. The second-order valence-electron chi connectivity index (χ2n) is 5.88. The van der Waals surface area contributed by atoms with Crippen molar-refractivity contribution in [3.63, 3.8) is 0 Å². The van der Waals surface area contributed by atoms with E-state index in [0.29, 0.717) is 24.1 Å². The fourth-order valence-electron chi connectivity index (χ4n) is 2.45. The fourth-order valence-corrected chi connectivity index (χ4v) is 2.45. The molecule has 0 radical (unpaired) electrons. The zero-order valence-corrected chi connectivity index (χ0v) is 15.3. The van der Waals surface area contributed by atoms with Crippen LogP contribution < -0.4 is 15.4 Å². The Labute approximate surface area is 160 Å². The van der Waals surface area contributed by atoms with Gasteiger partial charge in [0.1, 0.15) is 23.1 Å². The van der Waals surface area contributed by atoms with Gasteiger partial charge in [0.25, 0.3) is 5.91 Å². The molecule has 0 aliphatic carbocycles. The van der Waals surface area contributed by atoms with Crippen molar-refractivity contribution in [1.29, 1.82) is 0 Å². The monoisotopic (exact) mass is 384 g/mol. The van der Waals surface area contributed by atoms with Gasteiger partial charge in [0, 0.05) is 17.4 Å². The third kappa shape index (κ3) is 4.79. The van der Waals surface area contributed by atoms with E-state index in [1.165, 1.54) is 6.07 Å². The number of hydrogen-bond acceptors (Lipinski definition) is 5. The summed E-state index contributed by atoms with van der Waals surface area (Å²) in [6.07, 6.45) is 0. The Morgan fingerprint density at radius 1 is 1.07 bits per heavy atom. The molecule has 2 aromatic carbocycles. The summed E-state index contributed by atoms with van der Waals surface area (Å²) in [6.45, 7) is 4.18. The zero-order chi connectivity index (χ0) is 20.1. The lowest BCUT2D eigenvalue weighted by atomic mass is 10.2. The maximum Gasteiger partial charge on any atom is 0.274 e. The molecule has 0 bridgehead atoms. The number of nitrogens with one attached hydrogen (secondary N) is 2. The number of carbonyl (C=O) groups is 1. The van der Waals surface area contributed by atoms with Crippen LogP contribution in [-0.2, 0) is 0 Å². The molecule has 0 fully saturated rings. The van der Waals surface area contributed by atoms with Crippen LogP contribution in [0.5, 0.6) is 5.75 Å². The van der Waals surface area contributed by atoms with E-state index in [1.807, 2.05) is 6.92 Å². The van der Waals surface area contributed by atoms with E-state index in [9.17, 15) is 13.6 Å². The number of anilines is 3. The van der Waals surface area contributed by atoms with Crippen LogP contribution in [0.1, 0.15) is 23.1 Å². The van der Waals surface area contributed by atoms with Gasteiger partial charge in [-0.05, 0) is 56.3 Å². The third-order valence-corrected chi connectivity index (χ3v) is 3.69. The van der Waals surface area contributed by atoms with Gasteiger partial charge in [0.05, 0.1) is 12.3 Å². The molecule has 28 heavy (non-hydrogen) atoms. The van der Waals surface area contributed by atoms with Gasteiger partial charge in [-0.1, -0.05) is 0 Å². The van der Waals surface area contributed by atoms with Gasteiger partial charge in [0.2, 0.25) is 5.95 Å². The lowest BCUT2D eigenvalue weighted by Crippen LogP contribution is -2.16. The molecule has 8 heteroatoms. The predicted molar refractivity (Wildman–Crippen MR) is 102 cm³/mol. The fraction of sp³-hybridized carbons (Fsp3) is 0.150. The SMILES string of the molecule is CCOc1ccc(Nc2nc(C)cc(C(=O)Nc3ccc(F)cc3F)n2)cc1. The average Bonchev–Trinajstić information content (AvgIpc) is 2.65. The van der Waals surface area contributed by atoms with Crippen molar-refractivity contribution in [1.82, 2.24) is 9.97 Å². The van der Waals surface area contributed by atoms with Crippen LogP contribution in [0.25, 0.3) is 0 Å². The summed E-state index contributed by atoms with van der Waals surface area (Å²) < 4.78 is 32.1. The van der Waals surface area contributed by atoms with Gasteiger partial charge < -0.3 is 15.4 Å². The van der Waals surface area contributed by atoms with Gasteiger partial charge in [-0.2, -0.15) is 0 Å². The minimum Gasteiger partial charge on any atom is -0.494 e. The maximum atomic E-state index is 13.8. The molecule has 1 aromatic heterocycles. The van der Waals surface area contributed by atoms with E-state index in [4.69, 9.17) is 4.74 Å². The summed E-state index contributed by atoms with van der Waals surface area (Å²) in [7, 11) is 0. The number of nitrogens with zero attached hydrogens (tertiary/aromatic N) is 2. The standard InChI is InChI=1S/C20H18F2N4O2/c1-3-28-15-7-5-14(6-8-15)24-20-23-12(2)10-18(26-20)19(27)25-17-9-4-13(21)11-16(17)22/h4-11H,3H2,1-2H3,(H,25,27)(H,23,24,26). The second kappa shape index (κ2) is 8.43. The van der Waals surface area contributed by atoms with E-state index in [1.54, 1.807) is 31.2 Å². The van der Waals surface area contributed by atoms with Crippen molar-refractivity contribution in [3.8, 4) is 5.75 Å². The molecule has 0 saturated heterocycles. The Hall–Kier alpha value is -3.55. The molecule has 144 valence electrons. The van der Waals surface area contributed by atoms with Crippen LogP contribution in [0.4, 0.5) is 26.1 Å².